The lowest BCUT2D eigenvalue weighted by molar-refractivity contribution is -0.384. The van der Waals surface area contributed by atoms with Crippen molar-refractivity contribution in [3.63, 3.8) is 0 Å². The Morgan fingerprint density at radius 3 is 2.48 bits per heavy atom. The van der Waals surface area contributed by atoms with E-state index in [1.807, 2.05) is 0 Å². The van der Waals surface area contributed by atoms with Gasteiger partial charge in [-0.15, -0.1) is 0 Å². The van der Waals surface area contributed by atoms with Gasteiger partial charge in [0.25, 0.3) is 5.69 Å². The standard InChI is InChI=1S/C15H14N2O6/c1-22-10-6-14(19)11(15(7-10)23-2)8-16-12-5-9(17(20)21)3-4-13(12)18/h3-8,18-19H,1-2H3. The summed E-state index contributed by atoms with van der Waals surface area (Å²) in [5, 5.41) is 30.5. The summed E-state index contributed by atoms with van der Waals surface area (Å²) in [4.78, 5) is 14.2. The number of hydrogen-bond donors (Lipinski definition) is 2. The van der Waals surface area contributed by atoms with E-state index in [2.05, 4.69) is 4.99 Å². The Kier molecular flexibility index (Phi) is 4.65. The maximum absolute atomic E-state index is 10.8. The highest BCUT2D eigenvalue weighted by Gasteiger charge is 2.12. The van der Waals surface area contributed by atoms with E-state index in [0.717, 1.165) is 6.07 Å². The largest absolute Gasteiger partial charge is 0.507 e. The fourth-order valence-corrected chi connectivity index (χ4v) is 1.87. The van der Waals surface area contributed by atoms with Crippen molar-refractivity contribution in [2.45, 2.75) is 0 Å². The van der Waals surface area contributed by atoms with Crippen molar-refractivity contribution in [3.05, 3.63) is 46.0 Å². The number of nitro groups is 1. The summed E-state index contributed by atoms with van der Waals surface area (Å²) in [6.07, 6.45) is 1.24. The van der Waals surface area contributed by atoms with Gasteiger partial charge in [0.05, 0.1) is 24.7 Å². The molecule has 2 N–H and O–H groups in total. The van der Waals surface area contributed by atoms with Crippen molar-refractivity contribution in [1.29, 1.82) is 0 Å². The Labute approximate surface area is 131 Å². The number of nitrogens with zero attached hydrogens (tertiary/aromatic N) is 2. The smallest absolute Gasteiger partial charge is 0.271 e. The quantitative estimate of drug-likeness (QED) is 0.497. The van der Waals surface area contributed by atoms with Crippen LogP contribution in [0.5, 0.6) is 23.0 Å². The van der Waals surface area contributed by atoms with E-state index in [4.69, 9.17) is 9.47 Å². The van der Waals surface area contributed by atoms with Crippen LogP contribution in [0, 0.1) is 10.1 Å². The summed E-state index contributed by atoms with van der Waals surface area (Å²) >= 11 is 0. The molecule has 2 aromatic rings. The first-order valence-electron chi connectivity index (χ1n) is 6.42. The number of non-ortho nitro benzene ring substituents is 1. The van der Waals surface area contributed by atoms with Crippen LogP contribution in [0.4, 0.5) is 11.4 Å². The third kappa shape index (κ3) is 3.49. The number of aliphatic imine (C=N–C) groups is 1. The Balaban J connectivity index is 2.45. The number of rotatable bonds is 5. The van der Waals surface area contributed by atoms with E-state index in [0.29, 0.717) is 11.5 Å². The summed E-state index contributed by atoms with van der Waals surface area (Å²) in [5.41, 5.74) is 0.0385. The summed E-state index contributed by atoms with van der Waals surface area (Å²) in [6.45, 7) is 0. The molecule has 8 nitrogen and oxygen atoms in total. The number of aromatic hydroxyl groups is 2. The lowest BCUT2D eigenvalue weighted by atomic mass is 10.1. The molecule has 0 unspecified atom stereocenters. The number of phenolic OH excluding ortho intramolecular Hbond substituents is 2. The van der Waals surface area contributed by atoms with Crippen molar-refractivity contribution < 1.29 is 24.6 Å². The van der Waals surface area contributed by atoms with Gasteiger partial charge in [-0.05, 0) is 6.07 Å². The molecule has 0 saturated carbocycles. The van der Waals surface area contributed by atoms with Crippen molar-refractivity contribution >= 4 is 17.6 Å². The molecule has 0 spiro atoms. The number of nitro benzene ring substituents is 1. The van der Waals surface area contributed by atoms with E-state index in [1.165, 1.54) is 38.6 Å². The minimum atomic E-state index is -0.593. The fraction of sp³-hybridized carbons (Fsp3) is 0.133. The average Bonchev–Trinajstić information content (AvgIpc) is 2.54. The maximum atomic E-state index is 10.8. The van der Waals surface area contributed by atoms with Gasteiger partial charge >= 0.3 is 0 Å². The van der Waals surface area contributed by atoms with Gasteiger partial charge in [-0.2, -0.15) is 0 Å². The van der Waals surface area contributed by atoms with Crippen molar-refractivity contribution in [2.24, 2.45) is 4.99 Å². The zero-order valence-electron chi connectivity index (χ0n) is 12.4. The van der Waals surface area contributed by atoms with Crippen molar-refractivity contribution in [1.82, 2.24) is 0 Å². The molecule has 23 heavy (non-hydrogen) atoms. The highest BCUT2D eigenvalue weighted by molar-refractivity contribution is 5.90. The molecule has 120 valence electrons. The minimum Gasteiger partial charge on any atom is -0.507 e. The van der Waals surface area contributed by atoms with Crippen LogP contribution in [-0.2, 0) is 0 Å². The third-order valence-corrected chi connectivity index (χ3v) is 3.05. The number of hydrogen-bond acceptors (Lipinski definition) is 7. The number of ether oxygens (including phenoxy) is 2. The number of benzene rings is 2. The Hall–Kier alpha value is -3.29. The highest BCUT2D eigenvalue weighted by atomic mass is 16.6. The molecule has 0 aliphatic heterocycles. The van der Waals surface area contributed by atoms with Gasteiger partial charge in [0.15, 0.2) is 0 Å². The molecule has 0 radical (unpaired) electrons. The summed E-state index contributed by atoms with van der Waals surface area (Å²) in [6, 6.07) is 6.39. The van der Waals surface area contributed by atoms with Crippen LogP contribution in [0.2, 0.25) is 0 Å². The SMILES string of the molecule is COc1cc(O)c(C=Nc2cc([N+](=O)[O-])ccc2O)c(OC)c1. The monoisotopic (exact) mass is 318 g/mol. The van der Waals surface area contributed by atoms with E-state index in [-0.39, 0.29) is 28.4 Å². The summed E-state index contributed by atoms with van der Waals surface area (Å²) < 4.78 is 10.2. The molecule has 2 rings (SSSR count). The Bertz CT molecular complexity index is 773. The van der Waals surface area contributed by atoms with Gasteiger partial charge in [-0.3, -0.25) is 15.1 Å². The van der Waals surface area contributed by atoms with Gasteiger partial charge in [0.2, 0.25) is 0 Å². The summed E-state index contributed by atoms with van der Waals surface area (Å²) in [7, 11) is 2.86. The second-order valence-electron chi connectivity index (χ2n) is 4.45. The zero-order valence-corrected chi connectivity index (χ0v) is 12.4. The van der Waals surface area contributed by atoms with Crippen LogP contribution >= 0.6 is 0 Å². The zero-order chi connectivity index (χ0) is 17.0. The minimum absolute atomic E-state index is 0.00327. The normalized spacial score (nSPS) is 10.7. The van der Waals surface area contributed by atoms with Crippen LogP contribution in [0.25, 0.3) is 0 Å². The molecule has 0 bridgehead atoms. The van der Waals surface area contributed by atoms with Crippen LogP contribution in [0.3, 0.4) is 0 Å². The predicted octanol–water partition coefficient (Wildman–Crippen LogP) is 2.77. The first-order chi connectivity index (χ1) is 11.0. The molecule has 0 aliphatic rings. The Morgan fingerprint density at radius 1 is 1.13 bits per heavy atom. The van der Waals surface area contributed by atoms with Gasteiger partial charge < -0.3 is 19.7 Å². The van der Waals surface area contributed by atoms with Crippen LogP contribution < -0.4 is 9.47 Å². The number of phenols is 2. The Morgan fingerprint density at radius 2 is 1.87 bits per heavy atom. The molecule has 0 atom stereocenters. The fourth-order valence-electron chi connectivity index (χ4n) is 1.87. The van der Waals surface area contributed by atoms with Crippen molar-refractivity contribution in [3.8, 4) is 23.0 Å². The van der Waals surface area contributed by atoms with Crippen LogP contribution in [-0.4, -0.2) is 35.6 Å². The van der Waals surface area contributed by atoms with Crippen LogP contribution in [0.1, 0.15) is 5.56 Å². The molecule has 0 heterocycles. The van der Waals surface area contributed by atoms with Gasteiger partial charge in [-0.25, -0.2) is 0 Å². The molecule has 0 aromatic heterocycles. The highest BCUT2D eigenvalue weighted by Crippen LogP contribution is 2.34. The van der Waals surface area contributed by atoms with Gasteiger partial charge in [0, 0.05) is 30.5 Å². The molecule has 0 aliphatic carbocycles. The predicted molar refractivity (Wildman–Crippen MR) is 83.2 cm³/mol. The molecule has 0 saturated heterocycles. The lowest BCUT2D eigenvalue weighted by Crippen LogP contribution is -1.94. The lowest BCUT2D eigenvalue weighted by Gasteiger charge is -2.09. The topological polar surface area (TPSA) is 114 Å². The molecule has 2 aromatic carbocycles. The molecular formula is C15H14N2O6. The first-order valence-corrected chi connectivity index (χ1v) is 6.42. The average molecular weight is 318 g/mol. The van der Waals surface area contributed by atoms with E-state index >= 15 is 0 Å². The van der Waals surface area contributed by atoms with Crippen LogP contribution in [0.15, 0.2) is 35.3 Å². The molecule has 8 heteroatoms. The second-order valence-corrected chi connectivity index (χ2v) is 4.45. The first kappa shape index (κ1) is 16.1. The third-order valence-electron chi connectivity index (χ3n) is 3.05. The molecular weight excluding hydrogens is 304 g/mol. The number of methoxy groups -OCH3 is 2. The van der Waals surface area contributed by atoms with E-state index in [1.54, 1.807) is 6.07 Å². The van der Waals surface area contributed by atoms with Crippen molar-refractivity contribution in [2.75, 3.05) is 14.2 Å². The molecule has 0 fully saturated rings. The second kappa shape index (κ2) is 6.65. The van der Waals surface area contributed by atoms with Gasteiger partial charge in [0.1, 0.15) is 28.7 Å². The maximum Gasteiger partial charge on any atom is 0.271 e. The van der Waals surface area contributed by atoms with E-state index < -0.39 is 4.92 Å². The van der Waals surface area contributed by atoms with E-state index in [9.17, 15) is 20.3 Å². The molecule has 0 amide bonds. The van der Waals surface area contributed by atoms with Gasteiger partial charge in [-0.1, -0.05) is 0 Å². The summed E-state index contributed by atoms with van der Waals surface area (Å²) in [5.74, 6) is 0.332.